The highest BCUT2D eigenvalue weighted by Crippen LogP contribution is 2.47. The summed E-state index contributed by atoms with van der Waals surface area (Å²) in [5, 5.41) is 6.74. The number of hydrogen-bond donors (Lipinski definition) is 2. The zero-order valence-corrected chi connectivity index (χ0v) is 16.8. The summed E-state index contributed by atoms with van der Waals surface area (Å²) in [4.78, 5) is 4.28. The smallest absolute Gasteiger partial charge is 0.191 e. The predicted molar refractivity (Wildman–Crippen MR) is 112 cm³/mol. The Kier molecular flexibility index (Phi) is 7.23. The normalized spacial score (nSPS) is 15.2. The summed E-state index contributed by atoms with van der Waals surface area (Å²) < 4.78 is 13.2. The molecule has 3 nitrogen and oxygen atoms in total. The average molecular weight is 453 g/mol. The van der Waals surface area contributed by atoms with Gasteiger partial charge in [0.25, 0.3) is 0 Å². The molecule has 25 heavy (non-hydrogen) atoms. The van der Waals surface area contributed by atoms with Crippen LogP contribution in [0, 0.1) is 5.82 Å². The Morgan fingerprint density at radius 2 is 1.84 bits per heavy atom. The van der Waals surface area contributed by atoms with Crippen LogP contribution in [0.1, 0.15) is 24.0 Å². The first-order valence-electron chi connectivity index (χ1n) is 8.46. The van der Waals surface area contributed by atoms with Crippen LogP contribution in [0.3, 0.4) is 0 Å². The van der Waals surface area contributed by atoms with Crippen molar-refractivity contribution in [3.63, 3.8) is 0 Å². The van der Waals surface area contributed by atoms with Crippen LogP contribution in [0.5, 0.6) is 0 Å². The van der Waals surface area contributed by atoms with Gasteiger partial charge in [-0.15, -0.1) is 24.0 Å². The van der Waals surface area contributed by atoms with E-state index in [0.717, 1.165) is 31.0 Å². The van der Waals surface area contributed by atoms with E-state index >= 15 is 0 Å². The molecule has 0 aliphatic heterocycles. The number of nitrogens with one attached hydrogen (secondary N) is 2. The number of nitrogens with zero attached hydrogens (tertiary/aromatic N) is 1. The third kappa shape index (κ3) is 5.42. The van der Waals surface area contributed by atoms with Gasteiger partial charge in [0.1, 0.15) is 5.82 Å². The molecule has 0 amide bonds. The fourth-order valence-corrected chi connectivity index (χ4v) is 3.00. The summed E-state index contributed by atoms with van der Waals surface area (Å²) in [7, 11) is 1.78. The maximum absolute atomic E-state index is 13.2. The Morgan fingerprint density at radius 3 is 2.48 bits per heavy atom. The van der Waals surface area contributed by atoms with Crippen molar-refractivity contribution in [2.45, 2.75) is 24.7 Å². The number of rotatable bonds is 6. The highest BCUT2D eigenvalue weighted by Gasteiger charge is 2.43. The van der Waals surface area contributed by atoms with Crippen molar-refractivity contribution in [3.8, 4) is 0 Å². The minimum atomic E-state index is -0.187. The van der Waals surface area contributed by atoms with Gasteiger partial charge in [0.15, 0.2) is 5.96 Å². The molecule has 134 valence electrons. The zero-order chi connectivity index (χ0) is 16.8. The van der Waals surface area contributed by atoms with E-state index in [1.54, 1.807) is 19.2 Å². The van der Waals surface area contributed by atoms with Gasteiger partial charge in [-0.25, -0.2) is 4.39 Å². The quantitative estimate of drug-likeness (QED) is 0.396. The summed E-state index contributed by atoms with van der Waals surface area (Å²) in [6.07, 6.45) is 3.19. The SMILES string of the molecule is CN=C(NCCc1cccc(F)c1)NCC1(c2ccccc2)CC1.I. The first-order chi connectivity index (χ1) is 11.7. The van der Waals surface area contributed by atoms with Crippen LogP contribution in [0.15, 0.2) is 59.6 Å². The van der Waals surface area contributed by atoms with Crippen LogP contribution in [0.25, 0.3) is 0 Å². The molecule has 0 aromatic heterocycles. The molecule has 2 aromatic carbocycles. The Balaban J connectivity index is 0.00000225. The molecule has 5 heteroatoms. The lowest BCUT2D eigenvalue weighted by Crippen LogP contribution is -2.41. The minimum Gasteiger partial charge on any atom is -0.356 e. The monoisotopic (exact) mass is 453 g/mol. The molecule has 1 aliphatic carbocycles. The van der Waals surface area contributed by atoms with Crippen LogP contribution in [-0.2, 0) is 11.8 Å². The van der Waals surface area contributed by atoms with E-state index in [1.807, 2.05) is 6.07 Å². The molecule has 3 rings (SSSR count). The largest absolute Gasteiger partial charge is 0.356 e. The maximum Gasteiger partial charge on any atom is 0.191 e. The second-order valence-corrected chi connectivity index (χ2v) is 6.38. The lowest BCUT2D eigenvalue weighted by Gasteiger charge is -2.19. The van der Waals surface area contributed by atoms with Gasteiger partial charge >= 0.3 is 0 Å². The second-order valence-electron chi connectivity index (χ2n) is 6.38. The van der Waals surface area contributed by atoms with Gasteiger partial charge in [-0.2, -0.15) is 0 Å². The first-order valence-corrected chi connectivity index (χ1v) is 8.46. The van der Waals surface area contributed by atoms with E-state index in [0.29, 0.717) is 0 Å². The van der Waals surface area contributed by atoms with Crippen LogP contribution in [0.2, 0.25) is 0 Å². The highest BCUT2D eigenvalue weighted by molar-refractivity contribution is 14.0. The summed E-state index contributed by atoms with van der Waals surface area (Å²) in [6, 6.07) is 17.4. The lowest BCUT2D eigenvalue weighted by atomic mass is 9.96. The molecule has 0 spiro atoms. The zero-order valence-electron chi connectivity index (χ0n) is 14.5. The lowest BCUT2D eigenvalue weighted by molar-refractivity contribution is 0.624. The van der Waals surface area contributed by atoms with Crippen LogP contribution in [0.4, 0.5) is 4.39 Å². The molecule has 0 radical (unpaired) electrons. The predicted octanol–water partition coefficient (Wildman–Crippen LogP) is 3.88. The topological polar surface area (TPSA) is 36.4 Å². The Labute approximate surface area is 166 Å². The van der Waals surface area contributed by atoms with E-state index < -0.39 is 0 Å². The summed E-state index contributed by atoms with van der Waals surface area (Å²) in [5.74, 6) is 0.613. The number of halogens is 2. The number of hydrogen-bond acceptors (Lipinski definition) is 1. The Hall–Kier alpha value is -1.63. The molecule has 0 unspecified atom stereocenters. The molecule has 1 saturated carbocycles. The van der Waals surface area contributed by atoms with Crippen LogP contribution < -0.4 is 10.6 Å². The molecule has 0 heterocycles. The summed E-state index contributed by atoms with van der Waals surface area (Å²) in [5.41, 5.74) is 2.63. The molecule has 1 fully saturated rings. The van der Waals surface area contributed by atoms with Crippen LogP contribution >= 0.6 is 24.0 Å². The molecule has 0 saturated heterocycles. The van der Waals surface area contributed by atoms with Crippen molar-refractivity contribution in [2.24, 2.45) is 4.99 Å². The van der Waals surface area contributed by atoms with Gasteiger partial charge in [0, 0.05) is 25.6 Å². The van der Waals surface area contributed by atoms with Crippen molar-refractivity contribution in [3.05, 3.63) is 71.5 Å². The minimum absolute atomic E-state index is 0. The van der Waals surface area contributed by atoms with Crippen molar-refractivity contribution >= 4 is 29.9 Å². The summed E-state index contributed by atoms with van der Waals surface area (Å²) in [6.45, 7) is 1.61. The molecular formula is C20H25FIN3. The van der Waals surface area contributed by atoms with Gasteiger partial charge in [-0.05, 0) is 42.5 Å². The van der Waals surface area contributed by atoms with Crippen molar-refractivity contribution in [2.75, 3.05) is 20.1 Å². The van der Waals surface area contributed by atoms with Crippen molar-refractivity contribution in [1.29, 1.82) is 0 Å². The molecular weight excluding hydrogens is 428 g/mol. The van der Waals surface area contributed by atoms with Gasteiger partial charge in [-0.3, -0.25) is 4.99 Å². The van der Waals surface area contributed by atoms with E-state index in [1.165, 1.54) is 24.5 Å². The fourth-order valence-electron chi connectivity index (χ4n) is 3.00. The van der Waals surface area contributed by atoms with Crippen molar-refractivity contribution < 1.29 is 4.39 Å². The molecule has 2 aromatic rings. The Morgan fingerprint density at radius 1 is 1.08 bits per heavy atom. The number of benzene rings is 2. The van der Waals surface area contributed by atoms with Gasteiger partial charge < -0.3 is 10.6 Å². The second kappa shape index (κ2) is 9.17. The molecule has 2 N–H and O–H groups in total. The molecule has 0 atom stereocenters. The third-order valence-corrected chi connectivity index (χ3v) is 4.65. The van der Waals surface area contributed by atoms with Gasteiger partial charge in [-0.1, -0.05) is 42.5 Å². The highest BCUT2D eigenvalue weighted by atomic mass is 127. The number of guanidine groups is 1. The molecule has 0 bridgehead atoms. The third-order valence-electron chi connectivity index (χ3n) is 4.65. The molecule has 1 aliphatic rings. The first kappa shape index (κ1) is 19.7. The van der Waals surface area contributed by atoms with E-state index in [-0.39, 0.29) is 35.2 Å². The maximum atomic E-state index is 13.2. The Bertz CT molecular complexity index is 699. The van der Waals surface area contributed by atoms with E-state index in [4.69, 9.17) is 0 Å². The number of aliphatic imine (C=N–C) groups is 1. The van der Waals surface area contributed by atoms with Gasteiger partial charge in [0.05, 0.1) is 0 Å². The average Bonchev–Trinajstić information content (AvgIpc) is 3.40. The summed E-state index contributed by atoms with van der Waals surface area (Å²) >= 11 is 0. The van der Waals surface area contributed by atoms with Crippen molar-refractivity contribution in [1.82, 2.24) is 10.6 Å². The standard InChI is InChI=1S/C20H24FN3.HI/c1-22-19(23-13-10-16-6-5-9-18(21)14-16)24-15-20(11-12-20)17-7-3-2-4-8-17;/h2-9,14H,10-13,15H2,1H3,(H2,22,23,24);1H. The van der Waals surface area contributed by atoms with Crippen LogP contribution in [-0.4, -0.2) is 26.1 Å². The van der Waals surface area contributed by atoms with E-state index in [9.17, 15) is 4.39 Å². The fraction of sp³-hybridized carbons (Fsp3) is 0.350. The van der Waals surface area contributed by atoms with E-state index in [2.05, 4.69) is 46.0 Å². The van der Waals surface area contributed by atoms with Gasteiger partial charge in [0.2, 0.25) is 0 Å².